The molecule has 1 fully saturated rings. The van der Waals surface area contributed by atoms with Crippen molar-refractivity contribution in [2.45, 2.75) is 25.5 Å². The number of hydrogen-bond donors (Lipinski definition) is 2. The SMILES string of the molecule is Cc1nn(C)c(CC(NN)C2CSCCO2)c1Cl. The Labute approximate surface area is 116 Å². The molecule has 0 bridgehead atoms. The van der Waals surface area contributed by atoms with Gasteiger partial charge in [-0.1, -0.05) is 11.6 Å². The van der Waals surface area contributed by atoms with Gasteiger partial charge in [0.05, 0.1) is 35.2 Å². The molecule has 1 aromatic heterocycles. The Balaban J connectivity index is 2.09. The quantitative estimate of drug-likeness (QED) is 0.637. The molecular weight excluding hydrogens is 272 g/mol. The Morgan fingerprint density at radius 1 is 1.72 bits per heavy atom. The number of aryl methyl sites for hydroxylation is 2. The van der Waals surface area contributed by atoms with E-state index >= 15 is 0 Å². The topological polar surface area (TPSA) is 65.1 Å². The molecule has 1 aromatic rings. The number of halogens is 1. The minimum Gasteiger partial charge on any atom is -0.375 e. The van der Waals surface area contributed by atoms with Crippen molar-refractivity contribution in [2.24, 2.45) is 12.9 Å². The van der Waals surface area contributed by atoms with Crippen molar-refractivity contribution in [3.05, 3.63) is 16.4 Å². The maximum absolute atomic E-state index is 6.26. The van der Waals surface area contributed by atoms with Crippen LogP contribution in [-0.4, -0.2) is 40.0 Å². The summed E-state index contributed by atoms with van der Waals surface area (Å²) in [6, 6.07) is 0.0603. The van der Waals surface area contributed by atoms with Gasteiger partial charge in [-0.3, -0.25) is 16.0 Å². The molecule has 102 valence electrons. The second-order valence-corrected chi connectivity index (χ2v) is 5.96. The Hall–Kier alpha value is -0.270. The van der Waals surface area contributed by atoms with Crippen molar-refractivity contribution in [3.63, 3.8) is 0 Å². The second-order valence-electron chi connectivity index (χ2n) is 4.43. The third-order valence-corrected chi connectivity index (χ3v) is 4.69. The minimum absolute atomic E-state index is 0.0603. The lowest BCUT2D eigenvalue weighted by atomic mass is 10.1. The lowest BCUT2D eigenvalue weighted by molar-refractivity contribution is 0.0467. The van der Waals surface area contributed by atoms with Crippen LogP contribution < -0.4 is 11.3 Å². The molecule has 3 N–H and O–H groups in total. The highest BCUT2D eigenvalue weighted by atomic mass is 35.5. The highest BCUT2D eigenvalue weighted by Gasteiger charge is 2.26. The molecule has 2 atom stereocenters. The van der Waals surface area contributed by atoms with Gasteiger partial charge in [-0.25, -0.2) is 0 Å². The molecule has 0 aliphatic carbocycles. The fourth-order valence-corrected chi connectivity index (χ4v) is 3.33. The molecular formula is C11H19ClN4OS. The molecule has 2 unspecified atom stereocenters. The van der Waals surface area contributed by atoms with Crippen molar-refractivity contribution < 1.29 is 4.74 Å². The summed E-state index contributed by atoms with van der Waals surface area (Å²) in [5.74, 6) is 7.66. The summed E-state index contributed by atoms with van der Waals surface area (Å²) in [5.41, 5.74) is 4.69. The number of hydrazine groups is 1. The fraction of sp³-hybridized carbons (Fsp3) is 0.727. The molecule has 7 heteroatoms. The first-order valence-electron chi connectivity index (χ1n) is 5.97. The summed E-state index contributed by atoms with van der Waals surface area (Å²) in [6.07, 6.45) is 0.845. The number of nitrogens with two attached hydrogens (primary N) is 1. The zero-order valence-electron chi connectivity index (χ0n) is 10.6. The highest BCUT2D eigenvalue weighted by Crippen LogP contribution is 2.23. The second kappa shape index (κ2) is 6.25. The molecule has 0 radical (unpaired) electrons. The van der Waals surface area contributed by atoms with E-state index in [0.717, 1.165) is 40.9 Å². The van der Waals surface area contributed by atoms with Crippen molar-refractivity contribution in [1.82, 2.24) is 15.2 Å². The van der Waals surface area contributed by atoms with Gasteiger partial charge in [0.1, 0.15) is 0 Å². The number of nitrogens with one attached hydrogen (secondary N) is 1. The van der Waals surface area contributed by atoms with E-state index < -0.39 is 0 Å². The largest absolute Gasteiger partial charge is 0.375 e. The third kappa shape index (κ3) is 3.00. The molecule has 2 rings (SSSR count). The van der Waals surface area contributed by atoms with Gasteiger partial charge in [-0.15, -0.1) is 0 Å². The molecule has 1 aliphatic rings. The molecule has 1 aliphatic heterocycles. The summed E-state index contributed by atoms with van der Waals surface area (Å²) >= 11 is 8.15. The maximum atomic E-state index is 6.26. The average Bonchev–Trinajstić information content (AvgIpc) is 2.62. The molecule has 18 heavy (non-hydrogen) atoms. The zero-order valence-corrected chi connectivity index (χ0v) is 12.2. The van der Waals surface area contributed by atoms with E-state index in [1.165, 1.54) is 0 Å². The van der Waals surface area contributed by atoms with E-state index in [1.54, 1.807) is 0 Å². The number of hydrogen-bond acceptors (Lipinski definition) is 5. The molecule has 0 spiro atoms. The third-order valence-electron chi connectivity index (χ3n) is 3.18. The fourth-order valence-electron chi connectivity index (χ4n) is 2.15. The predicted molar refractivity (Wildman–Crippen MR) is 74.8 cm³/mol. The Bertz CT molecular complexity index is 406. The number of nitrogens with zero attached hydrogens (tertiary/aromatic N) is 2. The van der Waals surface area contributed by atoms with Gasteiger partial charge >= 0.3 is 0 Å². The van der Waals surface area contributed by atoms with Crippen LogP contribution in [-0.2, 0) is 18.2 Å². The van der Waals surface area contributed by atoms with Crippen LogP contribution in [0.25, 0.3) is 0 Å². The van der Waals surface area contributed by atoms with Crippen LogP contribution in [0.2, 0.25) is 5.02 Å². The van der Waals surface area contributed by atoms with Gasteiger partial charge in [0, 0.05) is 25.0 Å². The maximum Gasteiger partial charge on any atom is 0.0847 e. The molecule has 5 nitrogen and oxygen atoms in total. The Morgan fingerprint density at radius 3 is 3.00 bits per heavy atom. The van der Waals surface area contributed by atoms with Crippen molar-refractivity contribution in [2.75, 3.05) is 18.1 Å². The van der Waals surface area contributed by atoms with Crippen LogP contribution >= 0.6 is 23.4 Å². The average molecular weight is 291 g/mol. The summed E-state index contributed by atoms with van der Waals surface area (Å²) in [4.78, 5) is 0. The van der Waals surface area contributed by atoms with E-state index in [0.29, 0.717) is 0 Å². The molecule has 2 heterocycles. The van der Waals surface area contributed by atoms with Crippen LogP contribution in [0.4, 0.5) is 0 Å². The van der Waals surface area contributed by atoms with Gasteiger partial charge in [-0.05, 0) is 6.92 Å². The Morgan fingerprint density at radius 2 is 2.50 bits per heavy atom. The van der Waals surface area contributed by atoms with Crippen LogP contribution in [0.5, 0.6) is 0 Å². The van der Waals surface area contributed by atoms with Gasteiger partial charge in [0.15, 0.2) is 0 Å². The first-order valence-corrected chi connectivity index (χ1v) is 7.50. The van der Waals surface area contributed by atoms with Crippen LogP contribution in [0.15, 0.2) is 0 Å². The Kier molecular flexibility index (Phi) is 4.91. The van der Waals surface area contributed by atoms with Crippen LogP contribution in [0, 0.1) is 6.92 Å². The number of thioether (sulfide) groups is 1. The summed E-state index contributed by atoms with van der Waals surface area (Å²) < 4.78 is 7.57. The van der Waals surface area contributed by atoms with E-state index in [1.807, 2.05) is 30.4 Å². The molecule has 0 aromatic carbocycles. The van der Waals surface area contributed by atoms with Crippen molar-refractivity contribution in [3.8, 4) is 0 Å². The van der Waals surface area contributed by atoms with Crippen LogP contribution in [0.1, 0.15) is 11.4 Å². The predicted octanol–water partition coefficient (Wildman–Crippen LogP) is 0.888. The van der Waals surface area contributed by atoms with Gasteiger partial charge in [0.25, 0.3) is 0 Å². The monoisotopic (exact) mass is 290 g/mol. The standard InChI is InChI=1S/C11H19ClN4OS/c1-7-11(12)9(16(2)15-7)5-8(14-13)10-6-18-4-3-17-10/h8,10,14H,3-6,13H2,1-2H3. The van der Waals surface area contributed by atoms with E-state index in [4.69, 9.17) is 22.2 Å². The summed E-state index contributed by atoms with van der Waals surface area (Å²) in [5, 5.41) is 5.04. The highest BCUT2D eigenvalue weighted by molar-refractivity contribution is 7.99. The lowest BCUT2D eigenvalue weighted by Crippen LogP contribution is -2.49. The molecule has 1 saturated heterocycles. The van der Waals surface area contributed by atoms with E-state index in [9.17, 15) is 0 Å². The smallest absolute Gasteiger partial charge is 0.0847 e. The zero-order chi connectivity index (χ0) is 13.1. The van der Waals surface area contributed by atoms with Crippen LogP contribution in [0.3, 0.4) is 0 Å². The van der Waals surface area contributed by atoms with Crippen molar-refractivity contribution in [1.29, 1.82) is 0 Å². The number of ether oxygens (including phenoxy) is 1. The first kappa shape index (κ1) is 14.1. The molecule has 0 saturated carbocycles. The first-order chi connectivity index (χ1) is 8.63. The van der Waals surface area contributed by atoms with Crippen molar-refractivity contribution >= 4 is 23.4 Å². The minimum atomic E-state index is 0.0603. The number of rotatable bonds is 4. The molecule has 0 amide bonds. The van der Waals surface area contributed by atoms with E-state index in [-0.39, 0.29) is 12.1 Å². The number of aromatic nitrogens is 2. The van der Waals surface area contributed by atoms with Gasteiger partial charge in [0.2, 0.25) is 0 Å². The lowest BCUT2D eigenvalue weighted by Gasteiger charge is -2.29. The summed E-state index contributed by atoms with van der Waals surface area (Å²) in [6.45, 7) is 2.69. The van der Waals surface area contributed by atoms with Gasteiger partial charge in [-0.2, -0.15) is 16.9 Å². The summed E-state index contributed by atoms with van der Waals surface area (Å²) in [7, 11) is 1.90. The van der Waals surface area contributed by atoms with E-state index in [2.05, 4.69) is 10.5 Å². The van der Waals surface area contributed by atoms with Gasteiger partial charge < -0.3 is 4.74 Å². The normalized spacial score (nSPS) is 22.1.